The van der Waals surface area contributed by atoms with Crippen molar-refractivity contribution in [2.24, 2.45) is 10.7 Å². The van der Waals surface area contributed by atoms with Crippen LogP contribution in [-0.4, -0.2) is 28.8 Å². The van der Waals surface area contributed by atoms with Crippen LogP contribution in [0.3, 0.4) is 0 Å². The second kappa shape index (κ2) is 7.29. The van der Waals surface area contributed by atoms with E-state index in [9.17, 15) is 13.6 Å². The number of nitrogens with zero attached hydrogens (tertiary/aromatic N) is 3. The summed E-state index contributed by atoms with van der Waals surface area (Å²) in [5.41, 5.74) is 4.64. The van der Waals surface area contributed by atoms with Crippen LogP contribution >= 0.6 is 0 Å². The molecule has 0 saturated heterocycles. The summed E-state index contributed by atoms with van der Waals surface area (Å²) in [4.78, 5) is 22.8. The van der Waals surface area contributed by atoms with E-state index in [2.05, 4.69) is 9.98 Å². The van der Waals surface area contributed by atoms with Gasteiger partial charge in [0.2, 0.25) is 5.54 Å². The van der Waals surface area contributed by atoms with E-state index in [-0.39, 0.29) is 28.3 Å². The number of guanidine groups is 1. The summed E-state index contributed by atoms with van der Waals surface area (Å²) in [5.74, 6) is -2.03. The number of halogens is 3. The molecule has 0 saturated carbocycles. The Morgan fingerprint density at radius 1 is 1.07 bits per heavy atom. The number of benzene rings is 2. The predicted molar refractivity (Wildman–Crippen MR) is 106 cm³/mol. The van der Waals surface area contributed by atoms with E-state index in [0.29, 0.717) is 5.56 Å². The molecule has 1 atom stereocenters. The van der Waals surface area contributed by atoms with Gasteiger partial charge in [-0.25, -0.2) is 18.2 Å². The molecule has 1 amide bonds. The number of aliphatic imine (C=N–C) groups is 1. The fourth-order valence-electron chi connectivity index (χ4n) is 3.54. The SMILES string of the molecule is CN1C(=O)C(c2cc(CF)ccn2)(c2cc(-c3ccccc3F)ccc2F)N=C1N. The minimum absolute atomic E-state index is 0.0273. The average molecular weight is 410 g/mol. The van der Waals surface area contributed by atoms with Crippen LogP contribution < -0.4 is 5.73 Å². The number of alkyl halides is 1. The largest absolute Gasteiger partial charge is 0.369 e. The van der Waals surface area contributed by atoms with Gasteiger partial charge in [0, 0.05) is 24.4 Å². The average Bonchev–Trinajstić information content (AvgIpc) is 2.99. The van der Waals surface area contributed by atoms with Gasteiger partial charge in [0.25, 0.3) is 5.91 Å². The van der Waals surface area contributed by atoms with Crippen molar-refractivity contribution in [1.82, 2.24) is 9.88 Å². The Bertz CT molecular complexity index is 1180. The van der Waals surface area contributed by atoms with Gasteiger partial charge >= 0.3 is 0 Å². The number of hydrogen-bond donors (Lipinski definition) is 1. The van der Waals surface area contributed by atoms with Crippen molar-refractivity contribution < 1.29 is 18.0 Å². The first-order chi connectivity index (χ1) is 14.4. The van der Waals surface area contributed by atoms with Gasteiger partial charge in [0.05, 0.1) is 5.69 Å². The summed E-state index contributed by atoms with van der Waals surface area (Å²) in [5, 5.41) is 0. The van der Waals surface area contributed by atoms with Crippen molar-refractivity contribution >= 4 is 11.9 Å². The highest BCUT2D eigenvalue weighted by Crippen LogP contribution is 2.41. The molecule has 1 aromatic heterocycles. The maximum absolute atomic E-state index is 15.1. The first kappa shape index (κ1) is 19.6. The molecule has 2 heterocycles. The number of hydrogen-bond acceptors (Lipinski definition) is 4. The van der Waals surface area contributed by atoms with Gasteiger partial charge < -0.3 is 5.73 Å². The highest BCUT2D eigenvalue weighted by atomic mass is 19.1. The molecule has 2 N–H and O–H groups in total. The van der Waals surface area contributed by atoms with Crippen LogP contribution in [0.25, 0.3) is 11.1 Å². The highest BCUT2D eigenvalue weighted by Gasteiger charge is 2.52. The maximum atomic E-state index is 15.1. The zero-order valence-corrected chi connectivity index (χ0v) is 15.9. The van der Waals surface area contributed by atoms with E-state index in [1.54, 1.807) is 12.1 Å². The van der Waals surface area contributed by atoms with Gasteiger partial charge in [0.1, 0.15) is 18.3 Å². The second-order valence-corrected chi connectivity index (χ2v) is 6.90. The van der Waals surface area contributed by atoms with Crippen LogP contribution in [0.2, 0.25) is 0 Å². The van der Waals surface area contributed by atoms with E-state index in [1.165, 1.54) is 49.6 Å². The molecule has 1 aliphatic rings. The van der Waals surface area contributed by atoms with Gasteiger partial charge in [-0.3, -0.25) is 14.7 Å². The van der Waals surface area contributed by atoms with Gasteiger partial charge in [-0.05, 0) is 41.5 Å². The van der Waals surface area contributed by atoms with E-state index in [4.69, 9.17) is 5.73 Å². The van der Waals surface area contributed by atoms with Gasteiger partial charge in [-0.2, -0.15) is 0 Å². The topological polar surface area (TPSA) is 71.6 Å². The van der Waals surface area contributed by atoms with Gasteiger partial charge in [-0.1, -0.05) is 24.3 Å². The lowest BCUT2D eigenvalue weighted by molar-refractivity contribution is -0.129. The summed E-state index contributed by atoms with van der Waals surface area (Å²) in [6.07, 6.45) is 1.32. The number of carbonyl (C=O) groups is 1. The maximum Gasteiger partial charge on any atom is 0.268 e. The molecule has 0 spiro atoms. The number of likely N-dealkylation sites (N-methyl/N-ethyl adjacent to an activating group) is 1. The van der Waals surface area contributed by atoms with Crippen molar-refractivity contribution in [1.29, 1.82) is 0 Å². The molecule has 0 bridgehead atoms. The van der Waals surface area contributed by atoms with Crippen molar-refractivity contribution in [2.75, 3.05) is 7.05 Å². The first-order valence-corrected chi connectivity index (χ1v) is 9.08. The number of nitrogens with two attached hydrogens (primary N) is 1. The molecule has 1 aliphatic heterocycles. The summed E-state index contributed by atoms with van der Waals surface area (Å²) in [6, 6.07) is 12.7. The van der Waals surface area contributed by atoms with Crippen molar-refractivity contribution in [3.63, 3.8) is 0 Å². The molecule has 30 heavy (non-hydrogen) atoms. The number of amides is 1. The Morgan fingerprint density at radius 2 is 1.83 bits per heavy atom. The van der Waals surface area contributed by atoms with Crippen LogP contribution in [0, 0.1) is 11.6 Å². The quantitative estimate of drug-likeness (QED) is 0.715. The molecule has 3 aromatic rings. The Morgan fingerprint density at radius 3 is 2.50 bits per heavy atom. The lowest BCUT2D eigenvalue weighted by atomic mass is 9.83. The molecular weight excluding hydrogens is 393 g/mol. The van der Waals surface area contributed by atoms with Crippen LogP contribution in [0.5, 0.6) is 0 Å². The summed E-state index contributed by atoms with van der Waals surface area (Å²) < 4.78 is 42.7. The van der Waals surface area contributed by atoms with Gasteiger partial charge in [-0.15, -0.1) is 0 Å². The fourth-order valence-corrected chi connectivity index (χ4v) is 3.54. The molecule has 0 aliphatic carbocycles. The third-order valence-corrected chi connectivity index (χ3v) is 5.13. The van der Waals surface area contributed by atoms with Crippen LogP contribution in [0.4, 0.5) is 13.2 Å². The normalized spacial score (nSPS) is 18.6. The number of carbonyl (C=O) groups excluding carboxylic acids is 1. The minimum atomic E-state index is -1.95. The Hall–Kier alpha value is -3.68. The lowest BCUT2D eigenvalue weighted by Crippen LogP contribution is -2.42. The van der Waals surface area contributed by atoms with Crippen LogP contribution in [0.1, 0.15) is 16.8 Å². The molecule has 1 unspecified atom stereocenters. The standard InChI is InChI=1S/C22H17F3N4O/c1-29-20(30)22(28-21(29)26,19-10-13(12-23)8-9-27-19)16-11-14(6-7-18(16)25)15-4-2-3-5-17(15)24/h2-11H,12H2,1H3,(H2,26,28). The molecule has 0 fully saturated rings. The lowest BCUT2D eigenvalue weighted by Gasteiger charge is -2.26. The molecule has 2 aromatic carbocycles. The number of pyridine rings is 1. The number of aromatic nitrogens is 1. The van der Waals surface area contributed by atoms with E-state index >= 15 is 4.39 Å². The Labute approximate surface area is 170 Å². The third-order valence-electron chi connectivity index (χ3n) is 5.13. The predicted octanol–water partition coefficient (Wildman–Crippen LogP) is 3.53. The molecule has 0 radical (unpaired) electrons. The summed E-state index contributed by atoms with van der Waals surface area (Å²) >= 11 is 0. The smallest absolute Gasteiger partial charge is 0.268 e. The highest BCUT2D eigenvalue weighted by molar-refractivity contribution is 6.08. The zero-order chi connectivity index (χ0) is 21.5. The molecular formula is C22H17F3N4O. The molecule has 5 nitrogen and oxygen atoms in total. The van der Waals surface area contributed by atoms with Crippen LogP contribution in [0.15, 0.2) is 65.8 Å². The van der Waals surface area contributed by atoms with Crippen LogP contribution in [-0.2, 0) is 17.0 Å². The molecule has 4 rings (SSSR count). The monoisotopic (exact) mass is 410 g/mol. The van der Waals surface area contributed by atoms with E-state index in [0.717, 1.165) is 11.0 Å². The first-order valence-electron chi connectivity index (χ1n) is 9.08. The Balaban J connectivity index is 2.01. The molecule has 152 valence electrons. The second-order valence-electron chi connectivity index (χ2n) is 6.90. The van der Waals surface area contributed by atoms with E-state index < -0.39 is 29.8 Å². The summed E-state index contributed by atoms with van der Waals surface area (Å²) in [7, 11) is 1.40. The zero-order valence-electron chi connectivity index (χ0n) is 15.9. The minimum Gasteiger partial charge on any atom is -0.369 e. The summed E-state index contributed by atoms with van der Waals surface area (Å²) in [6.45, 7) is -0.799. The van der Waals surface area contributed by atoms with Gasteiger partial charge in [0.15, 0.2) is 5.96 Å². The number of rotatable bonds is 4. The van der Waals surface area contributed by atoms with Crippen molar-refractivity contribution in [3.05, 3.63) is 89.2 Å². The van der Waals surface area contributed by atoms with E-state index in [1.807, 2.05) is 0 Å². The third kappa shape index (κ3) is 2.92. The van der Waals surface area contributed by atoms with Crippen molar-refractivity contribution in [2.45, 2.75) is 12.2 Å². The van der Waals surface area contributed by atoms with Crippen molar-refractivity contribution in [3.8, 4) is 11.1 Å². The molecule has 8 heteroatoms. The Kier molecular flexibility index (Phi) is 4.77. The fraction of sp³-hybridized carbons (Fsp3) is 0.136.